The summed E-state index contributed by atoms with van der Waals surface area (Å²) in [5.74, 6) is 1.23. The molecule has 0 spiro atoms. The van der Waals surface area contributed by atoms with Gasteiger partial charge in [-0.05, 0) is 148 Å². The second kappa shape index (κ2) is 16.6. The van der Waals surface area contributed by atoms with Crippen molar-refractivity contribution in [2.24, 2.45) is 23.2 Å². The summed E-state index contributed by atoms with van der Waals surface area (Å²) in [5.41, 5.74) is 18.5. The zero-order valence-electron chi connectivity index (χ0n) is 42.3. The van der Waals surface area contributed by atoms with Crippen LogP contribution < -0.4 is 26.4 Å². The molecule has 2 aliphatic heterocycles. The van der Waals surface area contributed by atoms with E-state index in [9.17, 15) is 0 Å². The van der Waals surface area contributed by atoms with Crippen LogP contribution in [0.3, 0.4) is 0 Å². The Labute approximate surface area is 393 Å². The number of rotatable bonds is 11. The summed E-state index contributed by atoms with van der Waals surface area (Å²) in [7, 11) is 0. The highest BCUT2D eigenvalue weighted by atomic mass is 16.3. The van der Waals surface area contributed by atoms with E-state index in [1.54, 1.807) is 0 Å². The molecule has 0 amide bonds. The van der Waals surface area contributed by atoms with Gasteiger partial charge in [-0.25, -0.2) is 0 Å². The van der Waals surface area contributed by atoms with Crippen molar-refractivity contribution in [3.05, 3.63) is 137 Å². The third-order valence-electron chi connectivity index (χ3n) is 16.2. The molecular formula is C61H77BN2O. The van der Waals surface area contributed by atoms with Crippen LogP contribution in [0.1, 0.15) is 157 Å². The molecular weight excluding hydrogens is 787 g/mol. The van der Waals surface area contributed by atoms with E-state index in [0.717, 1.165) is 36.9 Å². The summed E-state index contributed by atoms with van der Waals surface area (Å²) in [6.07, 6.45) is 30.2. The van der Waals surface area contributed by atoms with Gasteiger partial charge in [0.05, 0.1) is 17.4 Å². The molecule has 9 rings (SSSR count). The number of unbranched alkanes of at least 4 members (excludes halogenated alkanes) is 1. The Bertz CT molecular complexity index is 2680. The monoisotopic (exact) mass is 865 g/mol. The Morgan fingerprint density at radius 1 is 0.908 bits per heavy atom. The second-order valence-corrected chi connectivity index (χ2v) is 23.9. The molecule has 5 aliphatic rings. The van der Waals surface area contributed by atoms with Crippen molar-refractivity contribution in [3.63, 3.8) is 0 Å². The van der Waals surface area contributed by atoms with E-state index in [1.165, 1.54) is 98.3 Å². The maximum Gasteiger partial charge on any atom is 0.297 e. The van der Waals surface area contributed by atoms with E-state index < -0.39 is 0 Å². The third kappa shape index (κ3) is 7.87. The molecule has 3 unspecified atom stereocenters. The number of allylic oxidation sites excluding steroid dienone is 8. The van der Waals surface area contributed by atoms with Gasteiger partial charge in [-0.3, -0.25) is 0 Å². The van der Waals surface area contributed by atoms with Crippen molar-refractivity contribution in [2.45, 2.75) is 164 Å². The Morgan fingerprint density at radius 2 is 1.63 bits per heavy atom. The van der Waals surface area contributed by atoms with E-state index in [2.05, 4.69) is 204 Å². The van der Waals surface area contributed by atoms with Crippen LogP contribution in [-0.4, -0.2) is 12.8 Å². The van der Waals surface area contributed by atoms with E-state index in [-0.39, 0.29) is 34.4 Å². The van der Waals surface area contributed by atoms with Gasteiger partial charge < -0.3 is 14.2 Å². The number of hydrogen-bond acceptors (Lipinski definition) is 3. The van der Waals surface area contributed by atoms with Crippen LogP contribution in [-0.2, 0) is 16.2 Å². The zero-order valence-corrected chi connectivity index (χ0v) is 42.3. The summed E-state index contributed by atoms with van der Waals surface area (Å²) in [6, 6.07) is 17.5. The average molecular weight is 865 g/mol. The lowest BCUT2D eigenvalue weighted by atomic mass is 9.35. The van der Waals surface area contributed by atoms with Crippen molar-refractivity contribution in [2.75, 3.05) is 9.80 Å². The molecule has 0 radical (unpaired) electrons. The minimum Gasteiger partial charge on any atom is -0.468 e. The number of fused-ring (bicyclic) bond motifs is 7. The Kier molecular flexibility index (Phi) is 11.6. The number of benzene rings is 3. The first-order valence-electron chi connectivity index (χ1n) is 25.3. The van der Waals surface area contributed by atoms with Gasteiger partial charge in [-0.15, -0.1) is 6.58 Å². The van der Waals surface area contributed by atoms with E-state index in [0.29, 0.717) is 17.8 Å². The molecule has 4 aromatic rings. The fourth-order valence-corrected chi connectivity index (χ4v) is 12.0. The molecule has 340 valence electrons. The molecule has 1 aromatic heterocycles. The van der Waals surface area contributed by atoms with Gasteiger partial charge in [-0.1, -0.05) is 163 Å². The third-order valence-corrected chi connectivity index (χ3v) is 16.2. The van der Waals surface area contributed by atoms with Crippen LogP contribution in [0.25, 0.3) is 11.0 Å². The lowest BCUT2D eigenvalue weighted by Crippen LogP contribution is -2.62. The lowest BCUT2D eigenvalue weighted by Gasteiger charge is -2.46. The minimum atomic E-state index is -0.0792. The van der Waals surface area contributed by atoms with Crippen LogP contribution in [0.2, 0.25) is 0 Å². The normalized spacial score (nSPS) is 21.3. The average Bonchev–Trinajstić information content (AvgIpc) is 3.63. The van der Waals surface area contributed by atoms with Gasteiger partial charge >= 0.3 is 0 Å². The molecule has 0 bridgehead atoms. The number of aryl methyl sites for hydroxylation is 1. The minimum absolute atomic E-state index is 0.0181. The van der Waals surface area contributed by atoms with Crippen LogP contribution in [0.5, 0.6) is 0 Å². The zero-order chi connectivity index (χ0) is 46.4. The van der Waals surface area contributed by atoms with Crippen LogP contribution in [0.4, 0.5) is 22.7 Å². The van der Waals surface area contributed by atoms with E-state index in [1.807, 2.05) is 0 Å². The van der Waals surface area contributed by atoms with Crippen molar-refractivity contribution < 1.29 is 4.42 Å². The summed E-state index contributed by atoms with van der Waals surface area (Å²) in [6.45, 7) is 35.6. The maximum atomic E-state index is 7.57. The second-order valence-electron chi connectivity index (χ2n) is 23.9. The van der Waals surface area contributed by atoms with Gasteiger partial charge in [0.25, 0.3) is 6.71 Å². The fourth-order valence-electron chi connectivity index (χ4n) is 12.0. The summed E-state index contributed by atoms with van der Waals surface area (Å²) < 4.78 is 7.57. The van der Waals surface area contributed by atoms with Gasteiger partial charge in [0, 0.05) is 34.1 Å². The van der Waals surface area contributed by atoms with Crippen molar-refractivity contribution >= 4 is 57.0 Å². The highest BCUT2D eigenvalue weighted by Gasteiger charge is 2.49. The SMILES string of the molecule is C=CC(C/C=C/C(C)C)N1c2cc(C)cc3c2B(c2ccc(C(C)(C)CCCC)cc2N3C2=CCC(C(C)(C)C)C=C2C2C=CC=CC2)c2oc3cc4c(cc3c21)C(C)(C)CCC4(C)C. The first-order chi connectivity index (χ1) is 30.8. The Hall–Kier alpha value is -4.70. The van der Waals surface area contributed by atoms with Crippen LogP contribution >= 0.6 is 0 Å². The first kappa shape index (κ1) is 45.5. The number of hydrogen-bond donors (Lipinski definition) is 0. The smallest absolute Gasteiger partial charge is 0.297 e. The number of nitrogens with zero attached hydrogens (tertiary/aromatic N) is 2. The highest BCUT2D eigenvalue weighted by Crippen LogP contribution is 2.52. The molecule has 0 fully saturated rings. The van der Waals surface area contributed by atoms with Gasteiger partial charge in [0.2, 0.25) is 0 Å². The topological polar surface area (TPSA) is 19.6 Å². The predicted molar refractivity (Wildman–Crippen MR) is 283 cm³/mol. The van der Waals surface area contributed by atoms with Gasteiger partial charge in [0.1, 0.15) is 5.58 Å². The lowest BCUT2D eigenvalue weighted by molar-refractivity contribution is 0.290. The summed E-state index contributed by atoms with van der Waals surface area (Å²) in [5, 5.41) is 1.23. The van der Waals surface area contributed by atoms with E-state index >= 15 is 0 Å². The fraction of sp³-hybridized carbons (Fsp3) is 0.475. The van der Waals surface area contributed by atoms with Gasteiger partial charge in [0.15, 0.2) is 0 Å². The molecule has 3 heterocycles. The number of anilines is 4. The standard InChI is InChI=1S/C61H77BN2O/c1-15-17-30-59(9,10)43-26-28-49-51(36-43)64(50-29-27-42(58(6,7)8)35-45(50)41-23-19-18-20-24-41)53-34-40(5)33-52-55(53)62(49)57-56(63(52)44(16-2)25-21-22-39(3)4)46-37-47-48(38-54(46)65-57)61(13,14)32-31-60(47,11)12/h16,18-23,26,28-29,33-39,41-42,44H,2,15,17,24-25,27,30-32H2,1,3-14H3/b22-21+. The van der Waals surface area contributed by atoms with Crippen LogP contribution in [0.15, 0.2) is 119 Å². The summed E-state index contributed by atoms with van der Waals surface area (Å²) in [4.78, 5) is 5.36. The predicted octanol–water partition coefficient (Wildman–Crippen LogP) is 15.1. The van der Waals surface area contributed by atoms with Crippen molar-refractivity contribution in [3.8, 4) is 0 Å². The largest absolute Gasteiger partial charge is 0.468 e. The van der Waals surface area contributed by atoms with Crippen molar-refractivity contribution in [1.82, 2.24) is 0 Å². The van der Waals surface area contributed by atoms with Crippen molar-refractivity contribution in [1.29, 1.82) is 0 Å². The van der Waals surface area contributed by atoms with Crippen LogP contribution in [0, 0.1) is 30.1 Å². The Morgan fingerprint density at radius 3 is 2.29 bits per heavy atom. The molecule has 0 saturated heterocycles. The molecule has 4 heteroatoms. The first-order valence-corrected chi connectivity index (χ1v) is 25.3. The molecule has 3 aromatic carbocycles. The summed E-state index contributed by atoms with van der Waals surface area (Å²) >= 11 is 0. The molecule has 3 aliphatic carbocycles. The molecule has 65 heavy (non-hydrogen) atoms. The Balaban J connectivity index is 1.36. The highest BCUT2D eigenvalue weighted by molar-refractivity contribution is 6.99. The number of furan rings is 1. The maximum absolute atomic E-state index is 7.57. The molecule has 0 N–H and O–H groups in total. The molecule has 3 nitrogen and oxygen atoms in total. The quantitative estimate of drug-likeness (QED) is 0.111. The van der Waals surface area contributed by atoms with Gasteiger partial charge in [-0.2, -0.15) is 0 Å². The molecule has 0 saturated carbocycles. The molecule has 3 atom stereocenters. The van der Waals surface area contributed by atoms with E-state index in [4.69, 9.17) is 4.42 Å².